The van der Waals surface area contributed by atoms with E-state index in [-0.39, 0.29) is 18.2 Å². The molecule has 2 aromatic rings. The molecule has 1 heterocycles. The van der Waals surface area contributed by atoms with Gasteiger partial charge in [-0.2, -0.15) is 0 Å². The molecule has 2 aliphatic rings. The number of piperazine rings is 1. The summed E-state index contributed by atoms with van der Waals surface area (Å²) in [6, 6.07) is 23.3. The summed E-state index contributed by atoms with van der Waals surface area (Å²) < 4.78 is 5.70. The van der Waals surface area contributed by atoms with Crippen molar-refractivity contribution in [2.45, 2.75) is 103 Å². The summed E-state index contributed by atoms with van der Waals surface area (Å²) in [4.78, 5) is 20.1. The molecular weight excluding hydrogens is 446 g/mol. The standard InChI is InChI=1S/C31H45N3O2/c1-24-20-32(21-25(2)34(24)30(35)36-31(3,4)5)28-16-18-29(19-17-28)33(22-26-12-8-6-9-13-26)23-27-14-10-7-11-15-27/h6-15,24-25,28-29H,16-23H2,1-5H3/t24-,25+,28?,29?. The number of rotatable bonds is 6. The molecule has 0 spiro atoms. The van der Waals surface area contributed by atoms with E-state index in [2.05, 4.69) is 84.3 Å². The first-order valence-electron chi connectivity index (χ1n) is 13.8. The summed E-state index contributed by atoms with van der Waals surface area (Å²) in [6.07, 6.45) is 4.70. The fraction of sp³-hybridized carbons (Fsp3) is 0.581. The molecule has 2 aromatic carbocycles. The number of hydrogen-bond acceptors (Lipinski definition) is 4. The Morgan fingerprint density at radius 3 is 1.75 bits per heavy atom. The first-order chi connectivity index (χ1) is 17.2. The first kappa shape index (κ1) is 26.7. The number of nitrogens with zero attached hydrogens (tertiary/aromatic N) is 3. The molecule has 2 atom stereocenters. The van der Waals surface area contributed by atoms with Crippen molar-refractivity contribution >= 4 is 6.09 Å². The van der Waals surface area contributed by atoms with E-state index in [1.54, 1.807) is 0 Å². The zero-order chi connectivity index (χ0) is 25.7. The molecule has 36 heavy (non-hydrogen) atoms. The molecule has 0 bridgehead atoms. The molecule has 2 fully saturated rings. The molecular formula is C31H45N3O2. The van der Waals surface area contributed by atoms with Gasteiger partial charge in [-0.3, -0.25) is 9.80 Å². The highest BCUT2D eigenvalue weighted by Gasteiger charge is 2.39. The number of carbonyl (C=O) groups is 1. The third-order valence-corrected chi connectivity index (χ3v) is 7.71. The summed E-state index contributed by atoms with van der Waals surface area (Å²) in [7, 11) is 0. The van der Waals surface area contributed by atoms with Gasteiger partial charge in [-0.15, -0.1) is 0 Å². The van der Waals surface area contributed by atoms with E-state index in [1.165, 1.54) is 36.8 Å². The van der Waals surface area contributed by atoms with Crippen LogP contribution in [-0.2, 0) is 17.8 Å². The average molecular weight is 492 g/mol. The molecule has 1 saturated carbocycles. The van der Waals surface area contributed by atoms with Gasteiger partial charge in [0.25, 0.3) is 0 Å². The zero-order valence-electron chi connectivity index (χ0n) is 22.9. The van der Waals surface area contributed by atoms with Crippen molar-refractivity contribution in [3.63, 3.8) is 0 Å². The van der Waals surface area contributed by atoms with Crippen LogP contribution < -0.4 is 0 Å². The Kier molecular flexibility index (Phi) is 8.74. The van der Waals surface area contributed by atoms with Gasteiger partial charge >= 0.3 is 6.09 Å². The topological polar surface area (TPSA) is 36.0 Å². The predicted octanol–water partition coefficient (Wildman–Crippen LogP) is 6.33. The predicted molar refractivity (Wildman–Crippen MR) is 147 cm³/mol. The van der Waals surface area contributed by atoms with Gasteiger partial charge in [0.1, 0.15) is 5.60 Å². The quantitative estimate of drug-likeness (QED) is 0.473. The monoisotopic (exact) mass is 491 g/mol. The first-order valence-corrected chi connectivity index (χ1v) is 13.8. The van der Waals surface area contributed by atoms with Crippen LogP contribution in [0.2, 0.25) is 0 Å². The molecule has 1 saturated heterocycles. The van der Waals surface area contributed by atoms with E-state index in [0.717, 1.165) is 26.2 Å². The lowest BCUT2D eigenvalue weighted by molar-refractivity contribution is -0.0286. The number of hydrogen-bond donors (Lipinski definition) is 0. The third-order valence-electron chi connectivity index (χ3n) is 7.71. The van der Waals surface area contributed by atoms with Crippen LogP contribution in [0.3, 0.4) is 0 Å². The number of ether oxygens (including phenoxy) is 1. The van der Waals surface area contributed by atoms with E-state index in [4.69, 9.17) is 4.74 Å². The normalized spacial score (nSPS) is 25.7. The van der Waals surface area contributed by atoms with E-state index in [1.807, 2.05) is 25.7 Å². The SMILES string of the molecule is C[C@@H]1CN(C2CCC(N(Cc3ccccc3)Cc3ccccc3)CC2)C[C@H](C)N1C(=O)OC(C)(C)C. The Hall–Kier alpha value is -2.37. The molecule has 0 aromatic heterocycles. The summed E-state index contributed by atoms with van der Waals surface area (Å²) >= 11 is 0. The largest absolute Gasteiger partial charge is 0.444 e. The van der Waals surface area contributed by atoms with Gasteiger partial charge in [0, 0.05) is 50.3 Å². The Labute approximate surface area is 218 Å². The van der Waals surface area contributed by atoms with Gasteiger partial charge in [-0.1, -0.05) is 60.7 Å². The van der Waals surface area contributed by atoms with Crippen molar-refractivity contribution in [2.24, 2.45) is 0 Å². The summed E-state index contributed by atoms with van der Waals surface area (Å²) in [5.41, 5.74) is 2.31. The van der Waals surface area contributed by atoms with Gasteiger partial charge in [-0.25, -0.2) is 4.79 Å². The minimum Gasteiger partial charge on any atom is -0.444 e. The van der Waals surface area contributed by atoms with Crippen LogP contribution in [0.25, 0.3) is 0 Å². The Balaban J connectivity index is 1.36. The molecule has 1 aliphatic carbocycles. The van der Waals surface area contributed by atoms with Gasteiger partial charge in [0.15, 0.2) is 0 Å². The Bertz CT molecular complexity index is 897. The lowest BCUT2D eigenvalue weighted by Crippen LogP contribution is -2.61. The maximum atomic E-state index is 12.8. The molecule has 0 radical (unpaired) electrons. The van der Waals surface area contributed by atoms with Gasteiger partial charge in [-0.05, 0) is 71.4 Å². The van der Waals surface area contributed by atoms with Crippen LogP contribution in [0.5, 0.6) is 0 Å². The van der Waals surface area contributed by atoms with Crippen LogP contribution in [-0.4, -0.2) is 63.7 Å². The molecule has 1 amide bonds. The minimum atomic E-state index is -0.461. The summed E-state index contributed by atoms with van der Waals surface area (Å²) in [6.45, 7) is 14.0. The third kappa shape index (κ3) is 7.10. The summed E-state index contributed by atoms with van der Waals surface area (Å²) in [5.74, 6) is 0. The second kappa shape index (κ2) is 11.8. The molecule has 1 aliphatic heterocycles. The van der Waals surface area contributed by atoms with Crippen LogP contribution in [0, 0.1) is 0 Å². The fourth-order valence-electron chi connectivity index (χ4n) is 6.07. The smallest absolute Gasteiger partial charge is 0.410 e. The lowest BCUT2D eigenvalue weighted by atomic mass is 9.87. The van der Waals surface area contributed by atoms with Gasteiger partial charge < -0.3 is 9.64 Å². The Morgan fingerprint density at radius 1 is 0.833 bits per heavy atom. The van der Waals surface area contributed by atoms with Gasteiger partial charge in [0.2, 0.25) is 0 Å². The molecule has 4 rings (SSSR count). The molecule has 0 unspecified atom stereocenters. The highest BCUT2D eigenvalue weighted by molar-refractivity contribution is 5.69. The van der Waals surface area contributed by atoms with E-state index in [0.29, 0.717) is 12.1 Å². The van der Waals surface area contributed by atoms with Crippen molar-refractivity contribution in [2.75, 3.05) is 13.1 Å². The van der Waals surface area contributed by atoms with E-state index in [9.17, 15) is 4.79 Å². The number of carbonyl (C=O) groups excluding carboxylic acids is 1. The van der Waals surface area contributed by atoms with Gasteiger partial charge in [0.05, 0.1) is 0 Å². The average Bonchev–Trinajstić information content (AvgIpc) is 2.83. The second-order valence-corrected chi connectivity index (χ2v) is 11.9. The van der Waals surface area contributed by atoms with Crippen molar-refractivity contribution in [1.82, 2.24) is 14.7 Å². The highest BCUT2D eigenvalue weighted by atomic mass is 16.6. The Morgan fingerprint density at radius 2 is 1.31 bits per heavy atom. The summed E-state index contributed by atoms with van der Waals surface area (Å²) in [5, 5.41) is 0. The molecule has 0 N–H and O–H groups in total. The second-order valence-electron chi connectivity index (χ2n) is 11.9. The molecule has 5 heteroatoms. The fourth-order valence-corrected chi connectivity index (χ4v) is 6.07. The van der Waals surface area contributed by atoms with E-state index >= 15 is 0 Å². The van der Waals surface area contributed by atoms with Crippen molar-refractivity contribution in [1.29, 1.82) is 0 Å². The molecule has 196 valence electrons. The van der Waals surface area contributed by atoms with Crippen LogP contribution in [0.4, 0.5) is 4.79 Å². The maximum absolute atomic E-state index is 12.8. The van der Waals surface area contributed by atoms with Crippen molar-refractivity contribution in [3.8, 4) is 0 Å². The minimum absolute atomic E-state index is 0.161. The van der Waals surface area contributed by atoms with Crippen LogP contribution in [0.15, 0.2) is 60.7 Å². The van der Waals surface area contributed by atoms with Crippen molar-refractivity contribution in [3.05, 3.63) is 71.8 Å². The lowest BCUT2D eigenvalue weighted by Gasteiger charge is -2.49. The van der Waals surface area contributed by atoms with Crippen LogP contribution in [0.1, 0.15) is 71.4 Å². The number of amides is 1. The molecule has 5 nitrogen and oxygen atoms in total. The zero-order valence-corrected chi connectivity index (χ0v) is 22.9. The van der Waals surface area contributed by atoms with E-state index < -0.39 is 5.60 Å². The van der Waals surface area contributed by atoms with Crippen molar-refractivity contribution < 1.29 is 9.53 Å². The highest BCUT2D eigenvalue weighted by Crippen LogP contribution is 2.31. The number of benzene rings is 2. The van der Waals surface area contributed by atoms with Crippen LogP contribution >= 0.6 is 0 Å². The maximum Gasteiger partial charge on any atom is 0.410 e.